The maximum atomic E-state index is 13.0. The molecule has 0 unspecified atom stereocenters. The van der Waals surface area contributed by atoms with E-state index in [0.29, 0.717) is 5.56 Å². The first kappa shape index (κ1) is 29.2. The molecule has 9 nitrogen and oxygen atoms in total. The minimum atomic E-state index is -1.40. The van der Waals surface area contributed by atoms with Crippen molar-refractivity contribution in [1.82, 2.24) is 0 Å². The van der Waals surface area contributed by atoms with Gasteiger partial charge in [-0.3, -0.25) is 0 Å². The van der Waals surface area contributed by atoms with Gasteiger partial charge in [-0.2, -0.15) is 0 Å². The molecule has 4 aromatic rings. The molecule has 1 heterocycles. The van der Waals surface area contributed by atoms with E-state index in [1.165, 1.54) is 0 Å². The van der Waals surface area contributed by atoms with Crippen molar-refractivity contribution in [3.8, 4) is 0 Å². The van der Waals surface area contributed by atoms with Crippen molar-refractivity contribution in [3.63, 3.8) is 0 Å². The monoisotopic (exact) mass is 580 g/mol. The summed E-state index contributed by atoms with van der Waals surface area (Å²) in [6.45, 7) is -0.334. The highest BCUT2D eigenvalue weighted by atomic mass is 16.7. The van der Waals surface area contributed by atoms with Crippen LogP contribution < -0.4 is 0 Å². The molecule has 43 heavy (non-hydrogen) atoms. The van der Waals surface area contributed by atoms with Crippen LogP contribution in [0.5, 0.6) is 0 Å². The van der Waals surface area contributed by atoms with Crippen LogP contribution in [0, 0.1) is 0 Å². The molecule has 0 saturated carbocycles. The van der Waals surface area contributed by atoms with Crippen molar-refractivity contribution in [3.05, 3.63) is 144 Å². The highest BCUT2D eigenvalue weighted by Gasteiger charge is 2.45. The Hall–Kier alpha value is -5.28. The molecule has 5 rings (SSSR count). The molecule has 0 N–H and O–H groups in total. The zero-order valence-electron chi connectivity index (χ0n) is 22.9. The Morgan fingerprint density at radius 2 is 0.884 bits per heavy atom. The van der Waals surface area contributed by atoms with Crippen LogP contribution in [0.1, 0.15) is 47.9 Å². The molecule has 1 saturated heterocycles. The van der Waals surface area contributed by atoms with E-state index < -0.39 is 48.5 Å². The minimum Gasteiger partial charge on any atom is -0.459 e. The van der Waals surface area contributed by atoms with Crippen molar-refractivity contribution in [2.24, 2.45) is 0 Å². The molecule has 4 aromatic carbocycles. The second-order valence-electron chi connectivity index (χ2n) is 9.63. The fourth-order valence-electron chi connectivity index (χ4n) is 4.44. The minimum absolute atomic E-state index is 0.0998. The number of hydrogen-bond donors (Lipinski definition) is 0. The van der Waals surface area contributed by atoms with Crippen LogP contribution in [0.2, 0.25) is 0 Å². The lowest BCUT2D eigenvalue weighted by molar-refractivity contribution is -0.250. The topological polar surface area (TPSA) is 114 Å². The lowest BCUT2D eigenvalue weighted by Crippen LogP contribution is -2.53. The Labute approximate surface area is 247 Å². The molecule has 0 radical (unpaired) electrons. The van der Waals surface area contributed by atoms with Gasteiger partial charge in [-0.25, -0.2) is 19.2 Å². The first-order valence-electron chi connectivity index (χ1n) is 13.6. The lowest BCUT2D eigenvalue weighted by Gasteiger charge is -2.39. The second kappa shape index (κ2) is 14.1. The summed E-state index contributed by atoms with van der Waals surface area (Å²) in [5.74, 6) is -2.67. The van der Waals surface area contributed by atoms with E-state index in [0.717, 1.165) is 0 Å². The molecule has 1 aliphatic heterocycles. The summed E-state index contributed by atoms with van der Waals surface area (Å²) in [4.78, 5) is 51.8. The van der Waals surface area contributed by atoms with Gasteiger partial charge in [0.1, 0.15) is 18.8 Å². The smallest absolute Gasteiger partial charge is 0.340 e. The van der Waals surface area contributed by atoms with Crippen LogP contribution in [-0.2, 0) is 23.7 Å². The van der Waals surface area contributed by atoms with Crippen LogP contribution >= 0.6 is 0 Å². The van der Waals surface area contributed by atoms with Gasteiger partial charge < -0.3 is 23.7 Å². The van der Waals surface area contributed by atoms with Crippen molar-refractivity contribution < 1.29 is 42.9 Å². The molecule has 4 atom stereocenters. The first-order valence-corrected chi connectivity index (χ1v) is 13.6. The van der Waals surface area contributed by atoms with Gasteiger partial charge in [-0.05, 0) is 48.5 Å². The standard InChI is InChI=1S/C34H28O9/c35-30(23-13-5-1-6-14-23)39-22-29-27(40-31(36)24-15-7-2-8-16-24)21-28(41-32(37)25-17-9-3-10-18-25)34(42-29)43-33(38)26-19-11-4-12-20-26/h1-20,27-29,34H,21-22H2/t27-,28+,29+,34-/m0/s1. The Morgan fingerprint density at radius 1 is 0.512 bits per heavy atom. The highest BCUT2D eigenvalue weighted by molar-refractivity contribution is 5.91. The third-order valence-corrected chi connectivity index (χ3v) is 6.65. The predicted molar refractivity (Wildman–Crippen MR) is 153 cm³/mol. The molecular weight excluding hydrogens is 552 g/mol. The molecule has 218 valence electrons. The van der Waals surface area contributed by atoms with Gasteiger partial charge >= 0.3 is 23.9 Å². The van der Waals surface area contributed by atoms with E-state index in [1.807, 2.05) is 0 Å². The number of benzene rings is 4. The lowest BCUT2D eigenvalue weighted by atomic mass is 10.0. The second-order valence-corrected chi connectivity index (χ2v) is 9.63. The van der Waals surface area contributed by atoms with E-state index in [2.05, 4.69) is 0 Å². The van der Waals surface area contributed by atoms with E-state index in [9.17, 15) is 19.2 Å². The van der Waals surface area contributed by atoms with Crippen molar-refractivity contribution in [2.75, 3.05) is 6.61 Å². The molecule has 1 aliphatic rings. The molecule has 0 amide bonds. The molecule has 0 spiro atoms. The molecule has 0 aromatic heterocycles. The van der Waals surface area contributed by atoms with E-state index in [1.54, 1.807) is 121 Å². The summed E-state index contributed by atoms with van der Waals surface area (Å²) in [5, 5.41) is 0. The third-order valence-electron chi connectivity index (χ3n) is 6.65. The van der Waals surface area contributed by atoms with Gasteiger partial charge in [0, 0.05) is 6.42 Å². The Balaban J connectivity index is 1.40. The van der Waals surface area contributed by atoms with Gasteiger partial charge in [-0.1, -0.05) is 72.8 Å². The highest BCUT2D eigenvalue weighted by Crippen LogP contribution is 2.29. The average Bonchev–Trinajstić information content (AvgIpc) is 3.06. The Morgan fingerprint density at radius 3 is 1.33 bits per heavy atom. The predicted octanol–water partition coefficient (Wildman–Crippen LogP) is 5.27. The van der Waals surface area contributed by atoms with Crippen molar-refractivity contribution in [1.29, 1.82) is 0 Å². The Bertz CT molecular complexity index is 1530. The van der Waals surface area contributed by atoms with Crippen LogP contribution in [0.4, 0.5) is 0 Å². The number of hydrogen-bond acceptors (Lipinski definition) is 9. The summed E-state index contributed by atoms with van der Waals surface area (Å²) in [6, 6.07) is 33.2. The number of rotatable bonds is 9. The maximum Gasteiger partial charge on any atom is 0.340 e. The van der Waals surface area contributed by atoms with E-state index in [4.69, 9.17) is 23.7 Å². The summed E-state index contributed by atoms with van der Waals surface area (Å²) in [6.07, 6.45) is -4.74. The number of ether oxygens (including phenoxy) is 5. The summed E-state index contributed by atoms with van der Waals surface area (Å²) in [7, 11) is 0. The van der Waals surface area contributed by atoms with Crippen LogP contribution in [-0.4, -0.2) is 55.1 Å². The number of carbonyl (C=O) groups excluding carboxylic acids is 4. The zero-order valence-corrected chi connectivity index (χ0v) is 22.9. The quantitative estimate of drug-likeness (QED) is 0.193. The van der Waals surface area contributed by atoms with Crippen LogP contribution in [0.25, 0.3) is 0 Å². The normalized spacial score (nSPS) is 19.4. The van der Waals surface area contributed by atoms with Crippen molar-refractivity contribution >= 4 is 23.9 Å². The molecule has 0 aliphatic carbocycles. The molecule has 9 heteroatoms. The average molecular weight is 581 g/mol. The van der Waals surface area contributed by atoms with Gasteiger partial charge in [0.05, 0.1) is 22.3 Å². The summed E-state index contributed by atoms with van der Waals surface area (Å²) in [5.41, 5.74) is 1.13. The SMILES string of the molecule is O=C(OC[C@H]1O[C@@H](OC(=O)c2ccccc2)[C@H](OC(=O)c2ccccc2)C[C@@H]1OC(=O)c1ccccc1)c1ccccc1. The van der Waals surface area contributed by atoms with Crippen LogP contribution in [0.3, 0.4) is 0 Å². The maximum absolute atomic E-state index is 13.0. The van der Waals surface area contributed by atoms with Crippen molar-refractivity contribution in [2.45, 2.75) is 31.0 Å². The largest absolute Gasteiger partial charge is 0.459 e. The molecular formula is C34H28O9. The van der Waals surface area contributed by atoms with E-state index >= 15 is 0 Å². The first-order chi connectivity index (χ1) is 21.0. The van der Waals surface area contributed by atoms with Crippen LogP contribution in [0.15, 0.2) is 121 Å². The third kappa shape index (κ3) is 7.72. The summed E-state index contributed by atoms with van der Waals surface area (Å²) >= 11 is 0. The molecule has 0 bridgehead atoms. The number of esters is 4. The van der Waals surface area contributed by atoms with Gasteiger partial charge in [0.25, 0.3) is 0 Å². The van der Waals surface area contributed by atoms with Gasteiger partial charge in [-0.15, -0.1) is 0 Å². The fraction of sp³-hybridized carbons (Fsp3) is 0.176. The fourth-order valence-corrected chi connectivity index (χ4v) is 4.44. The molecule has 1 fully saturated rings. The Kier molecular flexibility index (Phi) is 9.56. The summed E-state index contributed by atoms with van der Waals surface area (Å²) < 4.78 is 28.8. The van der Waals surface area contributed by atoms with E-state index in [-0.39, 0.29) is 29.7 Å². The van der Waals surface area contributed by atoms with Gasteiger partial charge in [0.15, 0.2) is 6.10 Å². The number of carbonyl (C=O) groups is 4. The zero-order chi connectivity index (χ0) is 30.0. The van der Waals surface area contributed by atoms with Gasteiger partial charge in [0.2, 0.25) is 6.29 Å².